The molecule has 0 spiro atoms. The van der Waals surface area contributed by atoms with Crippen molar-refractivity contribution in [3.8, 4) is 0 Å². The lowest BCUT2D eigenvalue weighted by atomic mass is 10.4. The number of ether oxygens (including phenoxy) is 2. The molecule has 1 aromatic rings. The molecule has 0 atom stereocenters. The summed E-state index contributed by atoms with van der Waals surface area (Å²) in [6.45, 7) is 4.69. The van der Waals surface area contributed by atoms with Gasteiger partial charge in [-0.05, 0) is 13.8 Å². The van der Waals surface area contributed by atoms with E-state index in [0.717, 1.165) is 6.92 Å². The summed E-state index contributed by atoms with van der Waals surface area (Å²) in [4.78, 5) is 0. The van der Waals surface area contributed by atoms with E-state index in [9.17, 15) is 8.42 Å². The summed E-state index contributed by atoms with van der Waals surface area (Å²) in [7, 11) is -4.33. The van der Waals surface area contributed by atoms with Crippen molar-refractivity contribution in [2.45, 2.75) is 25.9 Å². The molecule has 0 unspecified atom stereocenters. The summed E-state index contributed by atoms with van der Waals surface area (Å²) in [6.07, 6.45) is 0. The summed E-state index contributed by atoms with van der Waals surface area (Å²) in [5.41, 5.74) is 0. The van der Waals surface area contributed by atoms with Crippen molar-refractivity contribution in [1.82, 2.24) is 0 Å². The van der Waals surface area contributed by atoms with Crippen molar-refractivity contribution in [3.05, 3.63) is 36.4 Å². The normalized spacial score (nSPS) is 10.9. The molecular weight excluding hydrogens is 272 g/mol. The Bertz CT molecular complexity index is 371. The van der Waals surface area contributed by atoms with Gasteiger partial charge in [0.05, 0.1) is 0 Å². The fourth-order valence-electron chi connectivity index (χ4n) is 1.10. The molecule has 1 rings (SSSR count). The van der Waals surface area contributed by atoms with Crippen LogP contribution in [0.25, 0.3) is 0 Å². The Morgan fingerprint density at radius 1 is 0.947 bits per heavy atom. The minimum absolute atomic E-state index is 0. The van der Waals surface area contributed by atoms with E-state index in [0.29, 0.717) is 0 Å². The Balaban J connectivity index is 0. The summed E-state index contributed by atoms with van der Waals surface area (Å²) in [6, 6.07) is 12.0. The first-order valence-corrected chi connectivity index (χ1v) is 7.06. The second-order valence-electron chi connectivity index (χ2n) is 3.36. The van der Waals surface area contributed by atoms with Crippen LogP contribution in [0.5, 0.6) is 0 Å². The predicted molar refractivity (Wildman–Crippen MR) is 73.3 cm³/mol. The number of hydrogen-bond donors (Lipinski definition) is 1. The highest BCUT2D eigenvalue weighted by atomic mass is 32.2. The lowest BCUT2D eigenvalue weighted by Gasteiger charge is -2.25. The van der Waals surface area contributed by atoms with Gasteiger partial charge in [-0.2, -0.15) is 8.42 Å². The summed E-state index contributed by atoms with van der Waals surface area (Å²) in [5, 5.41) is -1.93. The summed E-state index contributed by atoms with van der Waals surface area (Å²) < 4.78 is 39.7. The second kappa shape index (κ2) is 9.88. The molecule has 0 saturated heterocycles. The van der Waals surface area contributed by atoms with Gasteiger partial charge in [-0.15, -0.1) is 0 Å². The van der Waals surface area contributed by atoms with Gasteiger partial charge in [0.15, 0.2) is 0 Å². The fraction of sp³-hybridized carbons (Fsp3) is 0.500. The molecule has 0 aromatic heterocycles. The van der Waals surface area contributed by atoms with Crippen LogP contribution in [0.15, 0.2) is 36.4 Å². The van der Waals surface area contributed by atoms with Gasteiger partial charge in [0.2, 0.25) is 0 Å². The van der Waals surface area contributed by atoms with Crippen molar-refractivity contribution in [2.75, 3.05) is 13.2 Å². The van der Waals surface area contributed by atoms with E-state index >= 15 is 0 Å². The summed E-state index contributed by atoms with van der Waals surface area (Å²) in [5.74, 6) is 0. The standard InChI is InChI=1S/C6H14O5S.C6H6.H2O/c1-4-10-6(3,11-5-2)12(7,8)9;1-2-4-6-5-3-1;/h4-5H2,1-3H3,(H,7,8,9);1-6H;1H2. The van der Waals surface area contributed by atoms with Gasteiger partial charge in [0.25, 0.3) is 5.12 Å². The molecule has 3 N–H and O–H groups in total. The lowest BCUT2D eigenvalue weighted by Crippen LogP contribution is -2.41. The van der Waals surface area contributed by atoms with Crippen molar-refractivity contribution in [3.63, 3.8) is 0 Å². The second-order valence-corrected chi connectivity index (χ2v) is 5.05. The van der Waals surface area contributed by atoms with E-state index in [2.05, 4.69) is 0 Å². The quantitative estimate of drug-likeness (QED) is 0.654. The molecule has 112 valence electrons. The van der Waals surface area contributed by atoms with Crippen LogP contribution in [0, 0.1) is 0 Å². The third-order valence-electron chi connectivity index (χ3n) is 1.95. The van der Waals surface area contributed by atoms with Crippen molar-refractivity contribution >= 4 is 10.1 Å². The summed E-state index contributed by atoms with van der Waals surface area (Å²) >= 11 is 0. The van der Waals surface area contributed by atoms with Crippen LogP contribution < -0.4 is 0 Å². The van der Waals surface area contributed by atoms with Gasteiger partial charge in [-0.25, -0.2) is 0 Å². The zero-order chi connectivity index (χ0) is 14.1. The maximum Gasteiger partial charge on any atom is 0.321 e. The molecule has 19 heavy (non-hydrogen) atoms. The molecular formula is C12H22O6S. The molecule has 0 bridgehead atoms. The molecule has 1 aromatic carbocycles. The minimum atomic E-state index is -4.33. The largest absolute Gasteiger partial charge is 0.412 e. The van der Waals surface area contributed by atoms with Crippen LogP contribution in [0.1, 0.15) is 20.8 Å². The predicted octanol–water partition coefficient (Wildman–Crippen LogP) is 1.48. The highest BCUT2D eigenvalue weighted by molar-refractivity contribution is 7.86. The van der Waals surface area contributed by atoms with Crippen LogP contribution >= 0.6 is 0 Å². The first-order valence-electron chi connectivity index (χ1n) is 5.62. The van der Waals surface area contributed by atoms with Gasteiger partial charge in [0, 0.05) is 20.1 Å². The Labute approximate surface area is 114 Å². The third kappa shape index (κ3) is 7.91. The van der Waals surface area contributed by atoms with E-state index in [1.165, 1.54) is 0 Å². The zero-order valence-corrected chi connectivity index (χ0v) is 12.2. The number of benzene rings is 1. The molecule has 0 amide bonds. The average molecular weight is 294 g/mol. The lowest BCUT2D eigenvalue weighted by molar-refractivity contribution is -0.163. The van der Waals surface area contributed by atoms with Gasteiger partial charge >= 0.3 is 10.1 Å². The van der Waals surface area contributed by atoms with Crippen molar-refractivity contribution in [2.24, 2.45) is 0 Å². The molecule has 0 heterocycles. The van der Waals surface area contributed by atoms with E-state index in [1.807, 2.05) is 36.4 Å². The van der Waals surface area contributed by atoms with E-state index in [4.69, 9.17) is 14.0 Å². The highest BCUT2D eigenvalue weighted by Gasteiger charge is 2.39. The van der Waals surface area contributed by atoms with Crippen molar-refractivity contribution < 1.29 is 27.9 Å². The Morgan fingerprint density at radius 3 is 1.37 bits per heavy atom. The minimum Gasteiger partial charge on any atom is -0.412 e. The monoisotopic (exact) mass is 294 g/mol. The molecule has 6 nitrogen and oxygen atoms in total. The van der Waals surface area contributed by atoms with Crippen LogP contribution in [-0.2, 0) is 19.6 Å². The number of rotatable bonds is 5. The maximum absolute atomic E-state index is 10.7. The molecule has 0 aliphatic rings. The molecule has 7 heteroatoms. The highest BCUT2D eigenvalue weighted by Crippen LogP contribution is 2.18. The van der Waals surface area contributed by atoms with E-state index in [1.54, 1.807) is 13.8 Å². The molecule has 0 radical (unpaired) electrons. The molecule has 0 saturated carbocycles. The average Bonchev–Trinajstić information content (AvgIpc) is 2.31. The van der Waals surface area contributed by atoms with Crippen molar-refractivity contribution in [1.29, 1.82) is 0 Å². The van der Waals surface area contributed by atoms with E-state index < -0.39 is 15.2 Å². The zero-order valence-electron chi connectivity index (χ0n) is 11.4. The maximum atomic E-state index is 10.7. The molecule has 0 aliphatic heterocycles. The SMILES string of the molecule is CCOC(C)(OCC)S(=O)(=O)O.O.c1ccccc1. The Kier molecular flexibility index (Phi) is 10.6. The van der Waals surface area contributed by atoms with Gasteiger partial charge in [-0.3, -0.25) is 4.55 Å². The van der Waals surface area contributed by atoms with Crippen LogP contribution in [0.3, 0.4) is 0 Å². The molecule has 0 fully saturated rings. The van der Waals surface area contributed by atoms with E-state index in [-0.39, 0.29) is 18.7 Å². The Hall–Kier alpha value is -0.990. The van der Waals surface area contributed by atoms with Gasteiger partial charge in [-0.1, -0.05) is 36.4 Å². The van der Waals surface area contributed by atoms with Crippen LogP contribution in [0.2, 0.25) is 0 Å². The van der Waals surface area contributed by atoms with Gasteiger partial charge < -0.3 is 14.9 Å². The molecule has 0 aliphatic carbocycles. The first kappa shape index (κ1) is 20.3. The topological polar surface area (TPSA) is 104 Å². The Morgan fingerprint density at radius 2 is 1.21 bits per heavy atom. The van der Waals surface area contributed by atoms with Gasteiger partial charge in [0.1, 0.15) is 0 Å². The van der Waals surface area contributed by atoms with Crippen LogP contribution in [0.4, 0.5) is 0 Å². The smallest absolute Gasteiger partial charge is 0.321 e. The number of hydrogen-bond acceptors (Lipinski definition) is 4. The first-order chi connectivity index (χ1) is 8.37. The third-order valence-corrected chi connectivity index (χ3v) is 3.12. The fourth-order valence-corrected chi connectivity index (χ4v) is 1.63. The van der Waals surface area contributed by atoms with Crippen LogP contribution in [-0.4, -0.2) is 36.8 Å².